The van der Waals surface area contributed by atoms with E-state index in [1.165, 1.54) is 0 Å². The van der Waals surface area contributed by atoms with Crippen LogP contribution in [-0.2, 0) is 25.2 Å². The number of nitrogens with zero attached hydrogens (tertiary/aromatic N) is 1. The van der Waals surface area contributed by atoms with E-state index in [2.05, 4.69) is 45.0 Å². The maximum atomic E-state index is 13.6. The third kappa shape index (κ3) is 6.94. The van der Waals surface area contributed by atoms with Crippen molar-refractivity contribution in [3.63, 3.8) is 0 Å². The van der Waals surface area contributed by atoms with Gasteiger partial charge in [-0.25, -0.2) is 9.69 Å². The lowest BCUT2D eigenvalue weighted by atomic mass is 9.96. The van der Waals surface area contributed by atoms with Gasteiger partial charge in [-0.15, -0.1) is 0 Å². The molecule has 2 amide bonds. The molecule has 216 valence electrons. The van der Waals surface area contributed by atoms with E-state index >= 15 is 0 Å². The number of ether oxygens (including phenoxy) is 1. The highest BCUT2D eigenvalue weighted by molar-refractivity contribution is 6.99. The lowest BCUT2D eigenvalue weighted by molar-refractivity contribution is -0.144. The molecule has 2 atom stereocenters. The van der Waals surface area contributed by atoms with Crippen molar-refractivity contribution >= 4 is 36.7 Å². The first-order valence-electron chi connectivity index (χ1n) is 14.1. The number of benzene rings is 3. The Bertz CT molecular complexity index is 1270. The SMILES string of the molecule is CC(C)(C)[Si](OCCCC(CC(=O)O)C(=O)N1C(=O)OCC1Cc1ccccc1)(c1ccccc1)c1ccccc1. The summed E-state index contributed by atoms with van der Waals surface area (Å²) in [6.07, 6.45) is 0.135. The summed E-state index contributed by atoms with van der Waals surface area (Å²) in [5.74, 6) is -2.44. The maximum absolute atomic E-state index is 13.6. The van der Waals surface area contributed by atoms with E-state index in [1.54, 1.807) is 0 Å². The quantitative estimate of drug-likeness (QED) is 0.242. The van der Waals surface area contributed by atoms with Gasteiger partial charge in [0.05, 0.1) is 12.5 Å². The number of amides is 2. The molecule has 0 saturated carbocycles. The molecule has 0 aromatic heterocycles. The molecule has 1 aliphatic rings. The fraction of sp³-hybridized carbons (Fsp3) is 0.364. The average Bonchev–Trinajstić information content (AvgIpc) is 3.32. The number of rotatable bonds is 12. The molecule has 8 heteroatoms. The number of cyclic esters (lactones) is 1. The smallest absolute Gasteiger partial charge is 0.416 e. The van der Waals surface area contributed by atoms with E-state index < -0.39 is 38.2 Å². The summed E-state index contributed by atoms with van der Waals surface area (Å²) in [6.45, 7) is 7.04. The summed E-state index contributed by atoms with van der Waals surface area (Å²) in [6, 6.07) is 29.7. The summed E-state index contributed by atoms with van der Waals surface area (Å²) in [7, 11) is -2.76. The van der Waals surface area contributed by atoms with Gasteiger partial charge in [0, 0.05) is 12.5 Å². The molecule has 3 aromatic rings. The molecule has 0 aliphatic carbocycles. The lowest BCUT2D eigenvalue weighted by Gasteiger charge is -2.43. The molecule has 7 nitrogen and oxygen atoms in total. The van der Waals surface area contributed by atoms with Crippen LogP contribution in [-0.4, -0.2) is 55.5 Å². The summed E-state index contributed by atoms with van der Waals surface area (Å²) < 4.78 is 12.2. The molecule has 1 saturated heterocycles. The van der Waals surface area contributed by atoms with E-state index in [1.807, 2.05) is 66.7 Å². The van der Waals surface area contributed by atoms with Crippen molar-refractivity contribution in [2.75, 3.05) is 13.2 Å². The van der Waals surface area contributed by atoms with E-state index in [9.17, 15) is 19.5 Å². The second-order valence-electron chi connectivity index (χ2n) is 11.6. The number of hydrogen-bond donors (Lipinski definition) is 1. The van der Waals surface area contributed by atoms with Crippen molar-refractivity contribution in [1.29, 1.82) is 0 Å². The van der Waals surface area contributed by atoms with Crippen LogP contribution in [0.4, 0.5) is 4.79 Å². The van der Waals surface area contributed by atoms with Gasteiger partial charge < -0.3 is 14.3 Å². The zero-order valence-corrected chi connectivity index (χ0v) is 25.0. The average molecular weight is 574 g/mol. The normalized spacial score (nSPS) is 16.3. The van der Waals surface area contributed by atoms with Gasteiger partial charge in [0.25, 0.3) is 8.32 Å². The van der Waals surface area contributed by atoms with Gasteiger partial charge in [-0.3, -0.25) is 9.59 Å². The molecule has 1 N–H and O–H groups in total. The minimum absolute atomic E-state index is 0.0935. The van der Waals surface area contributed by atoms with Crippen molar-refractivity contribution in [2.45, 2.75) is 57.5 Å². The van der Waals surface area contributed by atoms with Crippen LogP contribution in [0.3, 0.4) is 0 Å². The molecular formula is C33H39NO6Si. The second-order valence-corrected chi connectivity index (χ2v) is 15.9. The Morgan fingerprint density at radius 3 is 2.00 bits per heavy atom. The number of aliphatic carboxylic acids is 1. The first-order valence-corrected chi connectivity index (χ1v) is 16.0. The molecule has 0 spiro atoms. The van der Waals surface area contributed by atoms with Crippen LogP contribution in [0.5, 0.6) is 0 Å². The molecule has 4 rings (SSSR count). The number of carbonyl (C=O) groups excluding carboxylic acids is 2. The van der Waals surface area contributed by atoms with Crippen LogP contribution in [0.1, 0.15) is 45.6 Å². The van der Waals surface area contributed by atoms with Crippen LogP contribution < -0.4 is 10.4 Å². The number of carboxylic acids is 1. The Morgan fingerprint density at radius 2 is 1.49 bits per heavy atom. The molecule has 1 aliphatic heterocycles. The summed E-state index contributed by atoms with van der Waals surface area (Å²) in [5, 5.41) is 11.7. The van der Waals surface area contributed by atoms with Gasteiger partial charge in [0.2, 0.25) is 5.91 Å². The van der Waals surface area contributed by atoms with Gasteiger partial charge in [-0.2, -0.15) is 0 Å². The van der Waals surface area contributed by atoms with Gasteiger partial charge >= 0.3 is 12.1 Å². The largest absolute Gasteiger partial charge is 0.481 e. The lowest BCUT2D eigenvalue weighted by Crippen LogP contribution is -2.66. The van der Waals surface area contributed by atoms with Crippen molar-refractivity contribution in [3.05, 3.63) is 96.6 Å². The van der Waals surface area contributed by atoms with Crippen molar-refractivity contribution < 1.29 is 28.7 Å². The van der Waals surface area contributed by atoms with Crippen LogP contribution >= 0.6 is 0 Å². The molecule has 41 heavy (non-hydrogen) atoms. The number of imide groups is 1. The Morgan fingerprint density at radius 1 is 0.951 bits per heavy atom. The van der Waals surface area contributed by atoms with Crippen LogP contribution in [0.25, 0.3) is 0 Å². The molecule has 0 radical (unpaired) electrons. The predicted molar refractivity (Wildman–Crippen MR) is 161 cm³/mol. The molecule has 1 heterocycles. The number of carbonyl (C=O) groups is 3. The monoisotopic (exact) mass is 573 g/mol. The topological polar surface area (TPSA) is 93.1 Å². The van der Waals surface area contributed by atoms with E-state index in [4.69, 9.17) is 9.16 Å². The van der Waals surface area contributed by atoms with Crippen molar-refractivity contribution in [3.8, 4) is 0 Å². The fourth-order valence-electron chi connectivity index (χ4n) is 5.80. The minimum Gasteiger partial charge on any atom is -0.481 e. The molecule has 0 bridgehead atoms. The summed E-state index contributed by atoms with van der Waals surface area (Å²) in [5.41, 5.74) is 0.974. The van der Waals surface area contributed by atoms with Crippen LogP contribution in [0.2, 0.25) is 5.04 Å². The van der Waals surface area contributed by atoms with E-state index in [0.717, 1.165) is 20.8 Å². The van der Waals surface area contributed by atoms with E-state index in [0.29, 0.717) is 19.4 Å². The first-order chi connectivity index (χ1) is 19.6. The van der Waals surface area contributed by atoms with Gasteiger partial charge in [-0.1, -0.05) is 112 Å². The van der Waals surface area contributed by atoms with Crippen molar-refractivity contribution in [2.24, 2.45) is 5.92 Å². The van der Waals surface area contributed by atoms with E-state index in [-0.39, 0.29) is 24.5 Å². The zero-order chi connectivity index (χ0) is 29.5. The molecule has 1 fully saturated rings. The van der Waals surface area contributed by atoms with Crippen LogP contribution in [0, 0.1) is 5.92 Å². The molecule has 2 unspecified atom stereocenters. The highest BCUT2D eigenvalue weighted by Gasteiger charge is 2.50. The Hall–Kier alpha value is -3.75. The number of carboxylic acid groups (broad SMARTS) is 1. The van der Waals surface area contributed by atoms with Gasteiger partial charge in [0.15, 0.2) is 0 Å². The third-order valence-electron chi connectivity index (χ3n) is 7.72. The van der Waals surface area contributed by atoms with Crippen molar-refractivity contribution in [1.82, 2.24) is 4.90 Å². The highest BCUT2D eigenvalue weighted by atomic mass is 28.4. The standard InChI is InChI=1S/C33H39NO6Si/c1-33(2,3)41(28-17-9-5-10-18-28,29-19-11-6-12-20-29)40-21-13-16-26(23-30(35)36)31(37)34-27(24-39-32(34)38)22-25-14-7-4-8-15-25/h4-12,14-15,17-20,26-27H,13,16,21-24H2,1-3H3,(H,35,36). The fourth-order valence-corrected chi connectivity index (χ4v) is 10.4. The maximum Gasteiger partial charge on any atom is 0.416 e. The van der Waals surface area contributed by atoms with Crippen LogP contribution in [0.15, 0.2) is 91.0 Å². The predicted octanol–water partition coefficient (Wildman–Crippen LogP) is 5.02. The summed E-state index contributed by atoms with van der Waals surface area (Å²) >= 11 is 0. The Balaban J connectivity index is 1.52. The van der Waals surface area contributed by atoms with Gasteiger partial charge in [-0.05, 0) is 40.2 Å². The Labute approximate surface area is 243 Å². The Kier molecular flexibility index (Phi) is 9.78. The number of hydrogen-bond acceptors (Lipinski definition) is 5. The minimum atomic E-state index is -2.76. The molecular weight excluding hydrogens is 534 g/mol. The first kappa shape index (κ1) is 30.2. The summed E-state index contributed by atoms with van der Waals surface area (Å²) in [4.78, 5) is 39.1. The zero-order valence-electron chi connectivity index (χ0n) is 24.0. The second kappa shape index (κ2) is 13.3. The highest BCUT2D eigenvalue weighted by Crippen LogP contribution is 2.37. The molecule has 3 aromatic carbocycles. The van der Waals surface area contributed by atoms with Gasteiger partial charge in [0.1, 0.15) is 6.61 Å². The third-order valence-corrected chi connectivity index (χ3v) is 12.8.